The van der Waals surface area contributed by atoms with Gasteiger partial charge in [0.2, 0.25) is 5.91 Å². The highest BCUT2D eigenvalue weighted by Crippen LogP contribution is 2.22. The van der Waals surface area contributed by atoms with Gasteiger partial charge in [0.05, 0.1) is 16.8 Å². The van der Waals surface area contributed by atoms with Crippen molar-refractivity contribution in [1.29, 1.82) is 5.26 Å². The van der Waals surface area contributed by atoms with Crippen LogP contribution in [0.2, 0.25) is 0 Å². The molecule has 0 saturated carbocycles. The fourth-order valence-corrected chi connectivity index (χ4v) is 4.01. The van der Waals surface area contributed by atoms with Gasteiger partial charge in [-0.05, 0) is 42.7 Å². The van der Waals surface area contributed by atoms with Gasteiger partial charge >= 0.3 is 0 Å². The van der Waals surface area contributed by atoms with Crippen LogP contribution in [0.1, 0.15) is 24.0 Å². The molecular formula is C24H24N4O. The Bertz CT molecular complexity index is 1040. The Hall–Kier alpha value is -3.39. The molecule has 29 heavy (non-hydrogen) atoms. The Labute approximate surface area is 171 Å². The average Bonchev–Trinajstić information content (AvgIpc) is 2.79. The van der Waals surface area contributed by atoms with Gasteiger partial charge in [0.1, 0.15) is 6.07 Å². The summed E-state index contributed by atoms with van der Waals surface area (Å²) in [5.74, 6) is 0.219. The van der Waals surface area contributed by atoms with Crippen molar-refractivity contribution in [3.8, 4) is 6.07 Å². The van der Waals surface area contributed by atoms with E-state index in [-0.39, 0.29) is 5.91 Å². The number of piperazine rings is 1. The summed E-state index contributed by atoms with van der Waals surface area (Å²) in [7, 11) is 0. The van der Waals surface area contributed by atoms with Crippen LogP contribution in [-0.4, -0.2) is 42.0 Å². The fourth-order valence-electron chi connectivity index (χ4n) is 4.01. The number of rotatable bonds is 5. The predicted molar refractivity (Wildman–Crippen MR) is 115 cm³/mol. The summed E-state index contributed by atoms with van der Waals surface area (Å²) in [6.07, 6.45) is 4.09. The van der Waals surface area contributed by atoms with Gasteiger partial charge in [0.25, 0.3) is 0 Å². The molecular weight excluding hydrogens is 360 g/mol. The summed E-state index contributed by atoms with van der Waals surface area (Å²) in [5.41, 5.74) is 3.91. The van der Waals surface area contributed by atoms with Crippen LogP contribution in [0.5, 0.6) is 0 Å². The van der Waals surface area contributed by atoms with Gasteiger partial charge in [-0.25, -0.2) is 0 Å². The third-order valence-electron chi connectivity index (χ3n) is 5.57. The molecule has 1 fully saturated rings. The molecule has 0 bridgehead atoms. The number of hydrogen-bond donors (Lipinski definition) is 0. The summed E-state index contributed by atoms with van der Waals surface area (Å²) in [4.78, 5) is 21.2. The van der Waals surface area contributed by atoms with Crippen LogP contribution in [0.4, 0.5) is 5.69 Å². The molecule has 0 unspecified atom stereocenters. The maximum Gasteiger partial charge on any atom is 0.222 e. The largest absolute Gasteiger partial charge is 0.367 e. The molecule has 1 aliphatic heterocycles. The van der Waals surface area contributed by atoms with E-state index in [2.05, 4.69) is 28.1 Å². The molecule has 4 rings (SSSR count). The Morgan fingerprint density at radius 3 is 2.66 bits per heavy atom. The minimum Gasteiger partial charge on any atom is -0.367 e. The van der Waals surface area contributed by atoms with Crippen molar-refractivity contribution in [2.75, 3.05) is 31.1 Å². The van der Waals surface area contributed by atoms with Crippen LogP contribution in [-0.2, 0) is 11.2 Å². The van der Waals surface area contributed by atoms with E-state index < -0.39 is 0 Å². The number of pyridine rings is 1. The molecule has 146 valence electrons. The molecule has 1 aromatic heterocycles. The first-order valence-corrected chi connectivity index (χ1v) is 10.1. The normalized spacial score (nSPS) is 14.0. The third-order valence-corrected chi connectivity index (χ3v) is 5.57. The third kappa shape index (κ3) is 4.22. The fraction of sp³-hybridized carbons (Fsp3) is 0.292. The molecule has 3 aromatic rings. The van der Waals surface area contributed by atoms with Crippen molar-refractivity contribution in [1.82, 2.24) is 9.88 Å². The Kier molecular flexibility index (Phi) is 5.71. The van der Waals surface area contributed by atoms with Crippen molar-refractivity contribution in [3.63, 3.8) is 0 Å². The van der Waals surface area contributed by atoms with Crippen LogP contribution in [0.15, 0.2) is 60.8 Å². The number of amides is 1. The topological polar surface area (TPSA) is 60.2 Å². The van der Waals surface area contributed by atoms with Crippen LogP contribution in [0.3, 0.4) is 0 Å². The summed E-state index contributed by atoms with van der Waals surface area (Å²) in [5, 5.41) is 10.5. The lowest BCUT2D eigenvalue weighted by Crippen LogP contribution is -2.49. The number of aryl methyl sites for hydroxylation is 1. The summed E-state index contributed by atoms with van der Waals surface area (Å²) in [6, 6.07) is 20.2. The molecule has 0 N–H and O–H groups in total. The first-order valence-electron chi connectivity index (χ1n) is 10.1. The number of para-hydroxylation sites is 1. The molecule has 2 aromatic carbocycles. The molecule has 0 spiro atoms. The van der Waals surface area contributed by atoms with Crippen LogP contribution in [0, 0.1) is 11.3 Å². The molecule has 0 radical (unpaired) electrons. The van der Waals surface area contributed by atoms with Gasteiger partial charge in [0, 0.05) is 44.2 Å². The number of nitriles is 1. The van der Waals surface area contributed by atoms with E-state index in [1.54, 1.807) is 0 Å². The van der Waals surface area contributed by atoms with Crippen molar-refractivity contribution >= 4 is 22.5 Å². The Balaban J connectivity index is 1.30. The second kappa shape index (κ2) is 8.74. The van der Waals surface area contributed by atoms with Crippen LogP contribution >= 0.6 is 0 Å². The first kappa shape index (κ1) is 18.9. The maximum absolute atomic E-state index is 12.7. The number of fused-ring (bicyclic) bond motifs is 1. The molecule has 5 heteroatoms. The first-order chi connectivity index (χ1) is 14.3. The van der Waals surface area contributed by atoms with E-state index in [0.717, 1.165) is 37.1 Å². The maximum atomic E-state index is 12.7. The molecule has 1 amide bonds. The molecule has 1 saturated heterocycles. The van der Waals surface area contributed by atoms with E-state index in [0.29, 0.717) is 25.1 Å². The minimum atomic E-state index is 0.219. The highest BCUT2D eigenvalue weighted by molar-refractivity contribution is 5.82. The molecule has 2 heterocycles. The summed E-state index contributed by atoms with van der Waals surface area (Å²) in [6.45, 7) is 2.94. The number of aromatic nitrogens is 1. The van der Waals surface area contributed by atoms with Gasteiger partial charge in [-0.1, -0.05) is 30.3 Å². The van der Waals surface area contributed by atoms with Crippen molar-refractivity contribution in [2.45, 2.75) is 19.3 Å². The number of hydrogen-bond acceptors (Lipinski definition) is 4. The van der Waals surface area contributed by atoms with Crippen LogP contribution < -0.4 is 4.90 Å². The highest BCUT2D eigenvalue weighted by Gasteiger charge is 2.22. The molecule has 0 aliphatic carbocycles. The van der Waals surface area contributed by atoms with Gasteiger partial charge < -0.3 is 9.80 Å². The quantitative estimate of drug-likeness (QED) is 0.672. The molecule has 0 atom stereocenters. The standard InChI is InChI=1S/C24H24N4O/c25-18-20-6-1-2-11-23(20)27-14-16-28(17-15-27)24(29)12-4-8-19-7-3-10-22-21(19)9-5-13-26-22/h1-3,5-7,9-11,13H,4,8,12,14-17H2. The number of benzene rings is 2. The van der Waals surface area contributed by atoms with Gasteiger partial charge in [-0.15, -0.1) is 0 Å². The van der Waals surface area contributed by atoms with Gasteiger partial charge in [0.15, 0.2) is 0 Å². The van der Waals surface area contributed by atoms with Crippen molar-refractivity contribution in [3.05, 3.63) is 71.9 Å². The smallest absolute Gasteiger partial charge is 0.222 e. The lowest BCUT2D eigenvalue weighted by atomic mass is 10.0. The zero-order chi connectivity index (χ0) is 20.1. The second-order valence-electron chi connectivity index (χ2n) is 7.34. The monoisotopic (exact) mass is 384 g/mol. The summed E-state index contributed by atoms with van der Waals surface area (Å²) >= 11 is 0. The van der Waals surface area contributed by atoms with E-state index in [1.807, 2.05) is 53.6 Å². The molecule has 1 aliphatic rings. The minimum absolute atomic E-state index is 0.219. The number of carbonyl (C=O) groups excluding carboxylic acids is 1. The van der Waals surface area contributed by atoms with E-state index >= 15 is 0 Å². The average molecular weight is 384 g/mol. The Morgan fingerprint density at radius 1 is 1.00 bits per heavy atom. The van der Waals surface area contributed by atoms with Crippen molar-refractivity contribution in [2.24, 2.45) is 0 Å². The SMILES string of the molecule is N#Cc1ccccc1N1CCN(C(=O)CCCc2cccc3ncccc23)CC1. The van der Waals surface area contributed by atoms with E-state index in [9.17, 15) is 10.1 Å². The Morgan fingerprint density at radius 2 is 1.83 bits per heavy atom. The number of nitrogens with zero attached hydrogens (tertiary/aromatic N) is 4. The van der Waals surface area contributed by atoms with Crippen molar-refractivity contribution < 1.29 is 4.79 Å². The lowest BCUT2D eigenvalue weighted by molar-refractivity contribution is -0.131. The second-order valence-corrected chi connectivity index (χ2v) is 7.34. The predicted octanol–water partition coefficient (Wildman–Crippen LogP) is 3.78. The number of anilines is 1. The van der Waals surface area contributed by atoms with Crippen LogP contribution in [0.25, 0.3) is 10.9 Å². The highest BCUT2D eigenvalue weighted by atomic mass is 16.2. The van der Waals surface area contributed by atoms with Gasteiger partial charge in [-0.2, -0.15) is 5.26 Å². The van der Waals surface area contributed by atoms with E-state index in [1.165, 1.54) is 10.9 Å². The van der Waals surface area contributed by atoms with E-state index in [4.69, 9.17) is 0 Å². The molecule has 5 nitrogen and oxygen atoms in total. The zero-order valence-corrected chi connectivity index (χ0v) is 16.4. The zero-order valence-electron chi connectivity index (χ0n) is 16.4. The lowest BCUT2D eigenvalue weighted by Gasteiger charge is -2.36. The summed E-state index contributed by atoms with van der Waals surface area (Å²) < 4.78 is 0. The van der Waals surface area contributed by atoms with Gasteiger partial charge in [-0.3, -0.25) is 9.78 Å². The number of carbonyl (C=O) groups is 1.